The molecule has 0 bridgehead atoms. The second-order valence-electron chi connectivity index (χ2n) is 10.7. The van der Waals surface area contributed by atoms with E-state index in [4.69, 9.17) is 14.0 Å². The Balaban J connectivity index is 0.00000127. The van der Waals surface area contributed by atoms with E-state index in [1.54, 1.807) is 21.0 Å². The number of Topliss-reactive ketones (excluding diaryl/α,β-unsaturated/α-hetero) is 1. The van der Waals surface area contributed by atoms with Crippen LogP contribution >= 0.6 is 0 Å². The van der Waals surface area contributed by atoms with Crippen LogP contribution in [0.15, 0.2) is 34.9 Å². The number of carbonyl (C=O) groups is 4. The van der Waals surface area contributed by atoms with Crippen LogP contribution in [-0.2, 0) is 19.1 Å². The molecule has 3 amide bonds. The van der Waals surface area contributed by atoms with E-state index in [1.165, 1.54) is 18.6 Å². The summed E-state index contributed by atoms with van der Waals surface area (Å²) in [6, 6.07) is 7.90. The summed E-state index contributed by atoms with van der Waals surface area (Å²) in [4.78, 5) is 49.5. The number of nitrogens with zero attached hydrogens (tertiary/aromatic N) is 1. The third-order valence-corrected chi connectivity index (χ3v) is 7.07. The molecule has 11 heteroatoms. The molecule has 3 atom stereocenters. The quantitative estimate of drug-likeness (QED) is 0.353. The molecule has 224 valence electrons. The zero-order valence-electron chi connectivity index (χ0n) is 23.9. The summed E-state index contributed by atoms with van der Waals surface area (Å²) < 4.78 is 15.1. The highest BCUT2D eigenvalue weighted by Crippen LogP contribution is 2.33. The predicted octanol–water partition coefficient (Wildman–Crippen LogP) is 3.38. The van der Waals surface area contributed by atoms with Crippen LogP contribution in [-0.4, -0.2) is 66.6 Å². The number of amides is 3. The van der Waals surface area contributed by atoms with E-state index >= 15 is 0 Å². The van der Waals surface area contributed by atoms with Gasteiger partial charge in [-0.05, 0) is 52.2 Å². The molecule has 2 fully saturated rings. The van der Waals surface area contributed by atoms with Crippen molar-refractivity contribution in [3.05, 3.63) is 47.3 Å². The molecule has 4 rings (SSSR count). The Morgan fingerprint density at radius 3 is 2.33 bits per heavy atom. The number of ether oxygens (including phenoxy) is 2. The highest BCUT2D eigenvalue weighted by molar-refractivity contribution is 5.98. The molecule has 2 aromatic rings. The number of methoxy groups -OCH3 is 1. The lowest BCUT2D eigenvalue weighted by Gasteiger charge is -2.23. The van der Waals surface area contributed by atoms with Gasteiger partial charge in [0.05, 0.1) is 32.0 Å². The first-order valence-electron chi connectivity index (χ1n) is 13.6. The van der Waals surface area contributed by atoms with Crippen LogP contribution in [0.4, 0.5) is 0 Å². The zero-order valence-corrected chi connectivity index (χ0v) is 23.9. The highest BCUT2D eigenvalue weighted by atomic mass is 16.6. The third kappa shape index (κ3) is 9.18. The van der Waals surface area contributed by atoms with Gasteiger partial charge in [-0.25, -0.2) is 0 Å². The molecule has 1 aliphatic heterocycles. The molecule has 1 saturated carbocycles. The monoisotopic (exact) mass is 562 g/mol. The van der Waals surface area contributed by atoms with E-state index in [0.717, 1.165) is 31.4 Å². The van der Waals surface area contributed by atoms with E-state index in [9.17, 15) is 19.2 Å². The van der Waals surface area contributed by atoms with Gasteiger partial charge in [-0.2, -0.15) is 0 Å². The lowest BCUT2D eigenvalue weighted by Crippen LogP contribution is -2.51. The van der Waals surface area contributed by atoms with Crippen molar-refractivity contribution in [2.24, 2.45) is 5.92 Å². The first-order chi connectivity index (χ1) is 19.0. The number of carbonyl (C=O) groups excluding carboxylic acids is 4. The van der Waals surface area contributed by atoms with E-state index in [1.807, 2.05) is 24.3 Å². The average molecular weight is 563 g/mol. The van der Waals surface area contributed by atoms with Crippen molar-refractivity contribution in [2.45, 2.75) is 77.5 Å². The molecule has 2 heterocycles. The van der Waals surface area contributed by atoms with Crippen molar-refractivity contribution < 1.29 is 37.5 Å². The van der Waals surface area contributed by atoms with Gasteiger partial charge in [0, 0.05) is 10.3 Å². The average Bonchev–Trinajstić information content (AvgIpc) is 3.28. The highest BCUT2D eigenvalue weighted by Gasteiger charge is 2.50. The fourth-order valence-corrected chi connectivity index (χ4v) is 4.47. The third-order valence-electron chi connectivity index (χ3n) is 7.07. The van der Waals surface area contributed by atoms with Gasteiger partial charge in [-0.15, -0.1) is 0 Å². The van der Waals surface area contributed by atoms with Crippen LogP contribution in [0, 0.1) is 19.8 Å². The van der Waals surface area contributed by atoms with Crippen molar-refractivity contribution in [1.82, 2.24) is 21.1 Å². The van der Waals surface area contributed by atoms with Gasteiger partial charge in [0.2, 0.25) is 17.6 Å². The van der Waals surface area contributed by atoms with Crippen molar-refractivity contribution in [2.75, 3.05) is 20.3 Å². The second kappa shape index (κ2) is 14.1. The molecule has 1 aromatic carbocycles. The van der Waals surface area contributed by atoms with Crippen molar-refractivity contribution in [3.63, 3.8) is 0 Å². The normalized spacial score (nSPS) is 19.4. The molecule has 0 radical (unpaired) electrons. The maximum absolute atomic E-state index is 12.8. The van der Waals surface area contributed by atoms with Crippen molar-refractivity contribution in [1.29, 1.82) is 0 Å². The summed E-state index contributed by atoms with van der Waals surface area (Å²) in [7, 11) is 1.67. The maximum atomic E-state index is 12.8. The minimum atomic E-state index is -0.889. The van der Waals surface area contributed by atoms with Crippen LogP contribution in [0.1, 0.15) is 72.0 Å². The maximum Gasteiger partial charge on any atom is 0.290 e. The van der Waals surface area contributed by atoms with Crippen LogP contribution in [0.25, 0.3) is 0 Å². The lowest BCUT2D eigenvalue weighted by molar-refractivity contribution is -0.131. The van der Waals surface area contributed by atoms with Gasteiger partial charge in [0.15, 0.2) is 5.78 Å². The molecule has 3 N–H and O–H groups in total. The summed E-state index contributed by atoms with van der Waals surface area (Å²) in [5.41, 5.74) is 0.986. The Bertz CT molecular complexity index is 1180. The van der Waals surface area contributed by atoms with Gasteiger partial charge < -0.3 is 29.9 Å². The number of hydrogen-bond donors (Lipinski definition) is 3. The van der Waals surface area contributed by atoms with Gasteiger partial charge in [-0.3, -0.25) is 19.2 Å². The number of hydrogen-bond acceptors (Lipinski definition) is 8. The molecular formula is C29H46N4O7. The van der Waals surface area contributed by atoms with Gasteiger partial charge in [-0.1, -0.05) is 48.5 Å². The zero-order chi connectivity index (χ0) is 29.3. The fraction of sp³-hybridized carbons (Fsp3) is 0.552. The van der Waals surface area contributed by atoms with Crippen LogP contribution in [0.2, 0.25) is 0 Å². The number of epoxide rings is 1. The first-order valence-corrected chi connectivity index (χ1v) is 13.6. The number of aryl methyl sites for hydroxylation is 2. The molecule has 40 heavy (non-hydrogen) atoms. The van der Waals surface area contributed by atoms with Gasteiger partial charge in [0.25, 0.3) is 5.91 Å². The fourth-order valence-electron chi connectivity index (χ4n) is 4.47. The molecular weight excluding hydrogens is 516 g/mol. The molecule has 2 aliphatic rings. The molecule has 1 saturated heterocycles. The first kappa shape index (κ1) is 30.8. The number of nitrogens with one attached hydrogen (secondary N) is 3. The van der Waals surface area contributed by atoms with E-state index in [2.05, 4.69) is 28.0 Å². The standard InChI is InChI=1S/C21H30N4O6.C8H10O.3H2/c1-12-8-16(31-25-12)20(29)23-13(2)19(28)22-10-17(26)24-15(9-14-6-4-5-7-14)18(27)21(3)11-30-21;1-7-3-5-8(9-2)6-4-7;;;/h8,13-15H,4-7,9-11H2,1-3H3,(H,22,28)(H,23,29)(H,24,26);3-6H,1-2H3;3*1H/t13-,15-,21+;;;;/m0..../s1. The predicted molar refractivity (Wildman–Crippen MR) is 153 cm³/mol. The molecule has 1 aromatic heterocycles. The Morgan fingerprint density at radius 2 is 1.77 bits per heavy atom. The SMILES string of the molecule is COc1ccc(C)cc1.Cc1cc(C(=O)N[C@@H](C)C(=O)NCC(=O)N[C@@H](CC2CCCC2)C(=O)[C@@]2(C)CO2)on1.[HH].[HH].[HH]. The van der Waals surface area contributed by atoms with Crippen molar-refractivity contribution >= 4 is 23.5 Å². The molecule has 0 spiro atoms. The van der Waals surface area contributed by atoms with E-state index in [-0.39, 0.29) is 22.4 Å². The minimum Gasteiger partial charge on any atom is -0.497 e. The van der Waals surface area contributed by atoms with E-state index in [0.29, 0.717) is 24.6 Å². The van der Waals surface area contributed by atoms with Crippen LogP contribution < -0.4 is 20.7 Å². The van der Waals surface area contributed by atoms with Crippen LogP contribution in [0.3, 0.4) is 0 Å². The number of ketones is 1. The Morgan fingerprint density at radius 1 is 1.12 bits per heavy atom. The Kier molecular flexibility index (Phi) is 10.8. The summed E-state index contributed by atoms with van der Waals surface area (Å²) >= 11 is 0. The second-order valence-corrected chi connectivity index (χ2v) is 10.7. The van der Waals surface area contributed by atoms with Gasteiger partial charge in [0.1, 0.15) is 17.4 Å². The van der Waals surface area contributed by atoms with Crippen LogP contribution in [0.5, 0.6) is 5.75 Å². The summed E-state index contributed by atoms with van der Waals surface area (Å²) in [5.74, 6) is -0.371. The lowest BCUT2D eigenvalue weighted by atomic mass is 9.91. The summed E-state index contributed by atoms with van der Waals surface area (Å²) in [6.07, 6.45) is 4.97. The molecule has 11 nitrogen and oxygen atoms in total. The largest absolute Gasteiger partial charge is 0.497 e. The topological polar surface area (TPSA) is 152 Å². The summed E-state index contributed by atoms with van der Waals surface area (Å²) in [6.45, 7) is 7.01. The smallest absolute Gasteiger partial charge is 0.290 e. The number of benzene rings is 1. The Labute approximate surface area is 239 Å². The number of rotatable bonds is 11. The molecule has 1 aliphatic carbocycles. The summed E-state index contributed by atoms with van der Waals surface area (Å²) in [5, 5.41) is 11.3. The van der Waals surface area contributed by atoms with E-state index < -0.39 is 35.4 Å². The Hall–Kier alpha value is -3.73. The minimum absolute atomic E-state index is 0. The molecule has 0 unspecified atom stereocenters. The van der Waals surface area contributed by atoms with Crippen molar-refractivity contribution in [3.8, 4) is 5.75 Å². The number of aromatic nitrogens is 1. The van der Waals surface area contributed by atoms with Gasteiger partial charge >= 0.3 is 0 Å².